The first-order valence-electron chi connectivity index (χ1n) is 8.74. The molecule has 4 heterocycles. The summed E-state index contributed by atoms with van der Waals surface area (Å²) in [4.78, 5) is 27.5. The number of aliphatic hydroxyl groups excluding tert-OH is 3. The number of ether oxygens (including phenoxy) is 1. The molecule has 0 spiro atoms. The Hall–Kier alpha value is -2.25. The number of anilines is 2. The molecule has 6 N–H and O–H groups in total. The maximum Gasteiger partial charge on any atom is 0.280 e. The third kappa shape index (κ3) is 2.95. The SMILES string of the molecule is CN1CCN(c2nc3c(=O)[nH]c(N)nc3n2[C@@H]2O[C@H](CO)[C@@H](O)[C@@H]2O)CC1. The molecule has 148 valence electrons. The minimum Gasteiger partial charge on any atom is -0.394 e. The predicted octanol–water partition coefficient (Wildman–Crippen LogP) is -2.93. The number of aromatic nitrogens is 4. The molecule has 2 fully saturated rings. The Bertz CT molecular complexity index is 891. The van der Waals surface area contributed by atoms with Crippen LogP contribution in [0.25, 0.3) is 11.2 Å². The van der Waals surface area contributed by atoms with Crippen LogP contribution in [0.5, 0.6) is 0 Å². The van der Waals surface area contributed by atoms with E-state index in [4.69, 9.17) is 10.5 Å². The fourth-order valence-electron chi connectivity index (χ4n) is 3.55. The number of imidazole rings is 1. The second-order valence-electron chi connectivity index (χ2n) is 6.92. The molecule has 2 saturated heterocycles. The minimum absolute atomic E-state index is 0.0656. The van der Waals surface area contributed by atoms with Gasteiger partial charge in [-0.2, -0.15) is 4.98 Å². The summed E-state index contributed by atoms with van der Waals surface area (Å²) < 4.78 is 7.14. The summed E-state index contributed by atoms with van der Waals surface area (Å²) in [6.45, 7) is 2.45. The van der Waals surface area contributed by atoms with Crippen LogP contribution in [0, 0.1) is 0 Å². The molecular formula is C15H23N7O5. The molecule has 12 heteroatoms. The predicted molar refractivity (Wildman–Crippen MR) is 95.3 cm³/mol. The Balaban J connectivity index is 1.86. The zero-order valence-corrected chi connectivity index (χ0v) is 14.8. The molecular weight excluding hydrogens is 358 g/mol. The van der Waals surface area contributed by atoms with Gasteiger partial charge in [-0.3, -0.25) is 14.3 Å². The normalized spacial score (nSPS) is 29.7. The van der Waals surface area contributed by atoms with Crippen LogP contribution in [0.1, 0.15) is 6.23 Å². The van der Waals surface area contributed by atoms with Gasteiger partial charge >= 0.3 is 0 Å². The second-order valence-corrected chi connectivity index (χ2v) is 6.92. The Kier molecular flexibility index (Phi) is 4.52. The van der Waals surface area contributed by atoms with Gasteiger partial charge in [0.2, 0.25) is 11.9 Å². The summed E-state index contributed by atoms with van der Waals surface area (Å²) in [6, 6.07) is 0. The van der Waals surface area contributed by atoms with Crippen molar-refractivity contribution < 1.29 is 20.1 Å². The molecule has 0 saturated carbocycles. The summed E-state index contributed by atoms with van der Waals surface area (Å²) in [5, 5.41) is 30.0. The quantitative estimate of drug-likeness (QED) is 0.371. The van der Waals surface area contributed by atoms with Crippen LogP contribution in [-0.2, 0) is 4.74 Å². The average Bonchev–Trinajstić information content (AvgIpc) is 3.14. The van der Waals surface area contributed by atoms with Crippen molar-refractivity contribution >= 4 is 23.1 Å². The van der Waals surface area contributed by atoms with E-state index in [0.29, 0.717) is 19.0 Å². The zero-order valence-electron chi connectivity index (χ0n) is 14.8. The first-order valence-corrected chi connectivity index (χ1v) is 8.74. The standard InChI is InChI=1S/C15H23N7O5/c1-20-2-4-21(5-3-20)15-17-8-11(18-14(16)19-12(8)26)22(15)13-10(25)9(24)7(6-23)27-13/h7,9-10,13,23-25H,2-6H2,1H3,(H3,16,18,19,26)/t7-,9-,10+,13-/m1/s1. The lowest BCUT2D eigenvalue weighted by Crippen LogP contribution is -2.46. The van der Waals surface area contributed by atoms with E-state index >= 15 is 0 Å². The van der Waals surface area contributed by atoms with Crippen LogP contribution in [0.15, 0.2) is 4.79 Å². The molecule has 0 radical (unpaired) electrons. The summed E-state index contributed by atoms with van der Waals surface area (Å²) >= 11 is 0. The van der Waals surface area contributed by atoms with Crippen LogP contribution < -0.4 is 16.2 Å². The second kappa shape index (κ2) is 6.73. The molecule has 0 amide bonds. The van der Waals surface area contributed by atoms with Gasteiger partial charge in [0.05, 0.1) is 6.61 Å². The molecule has 2 aliphatic rings. The molecule has 0 aliphatic carbocycles. The van der Waals surface area contributed by atoms with Crippen molar-refractivity contribution in [3.63, 3.8) is 0 Å². The maximum atomic E-state index is 12.3. The lowest BCUT2D eigenvalue weighted by molar-refractivity contribution is -0.0505. The highest BCUT2D eigenvalue weighted by Gasteiger charge is 2.45. The van der Waals surface area contributed by atoms with Gasteiger partial charge in [0.15, 0.2) is 17.4 Å². The van der Waals surface area contributed by atoms with E-state index in [2.05, 4.69) is 19.9 Å². The molecule has 27 heavy (non-hydrogen) atoms. The van der Waals surface area contributed by atoms with E-state index in [1.54, 1.807) is 0 Å². The van der Waals surface area contributed by atoms with Crippen LogP contribution >= 0.6 is 0 Å². The lowest BCUT2D eigenvalue weighted by atomic mass is 10.1. The summed E-state index contributed by atoms with van der Waals surface area (Å²) in [7, 11) is 2.01. The number of nitrogens with one attached hydrogen (secondary N) is 1. The van der Waals surface area contributed by atoms with E-state index in [1.807, 2.05) is 11.9 Å². The van der Waals surface area contributed by atoms with Crippen LogP contribution in [-0.4, -0.2) is 97.9 Å². The van der Waals surface area contributed by atoms with Crippen LogP contribution in [0.2, 0.25) is 0 Å². The Morgan fingerprint density at radius 3 is 2.56 bits per heavy atom. The number of rotatable bonds is 3. The number of hydrogen-bond acceptors (Lipinski definition) is 10. The van der Waals surface area contributed by atoms with Gasteiger partial charge < -0.3 is 35.6 Å². The number of hydrogen-bond donors (Lipinski definition) is 5. The molecule has 0 aromatic carbocycles. The molecule has 12 nitrogen and oxygen atoms in total. The van der Waals surface area contributed by atoms with Crippen molar-refractivity contribution in [2.45, 2.75) is 24.5 Å². The molecule has 4 atom stereocenters. The van der Waals surface area contributed by atoms with Gasteiger partial charge in [-0.05, 0) is 7.05 Å². The van der Waals surface area contributed by atoms with Crippen LogP contribution in [0.4, 0.5) is 11.9 Å². The van der Waals surface area contributed by atoms with Gasteiger partial charge in [0.1, 0.15) is 18.3 Å². The number of nitrogens with zero attached hydrogens (tertiary/aromatic N) is 5. The number of likely N-dealkylation sites (N-methyl/N-ethyl adjacent to an activating group) is 1. The number of H-pyrrole nitrogens is 1. The maximum absolute atomic E-state index is 12.3. The number of aromatic amines is 1. The Morgan fingerprint density at radius 1 is 1.22 bits per heavy atom. The smallest absolute Gasteiger partial charge is 0.280 e. The van der Waals surface area contributed by atoms with Gasteiger partial charge in [0, 0.05) is 26.2 Å². The molecule has 2 aromatic rings. The number of nitrogen functional groups attached to an aromatic ring is 1. The van der Waals surface area contributed by atoms with Crippen molar-refractivity contribution in [2.24, 2.45) is 0 Å². The first-order chi connectivity index (χ1) is 12.9. The average molecular weight is 381 g/mol. The summed E-state index contributed by atoms with van der Waals surface area (Å²) in [5.41, 5.74) is 5.41. The molecule has 4 rings (SSSR count). The fourth-order valence-corrected chi connectivity index (χ4v) is 3.55. The van der Waals surface area contributed by atoms with E-state index in [9.17, 15) is 20.1 Å². The molecule has 0 bridgehead atoms. The first kappa shape index (κ1) is 18.1. The zero-order chi connectivity index (χ0) is 19.3. The third-order valence-electron chi connectivity index (χ3n) is 5.11. The topological polar surface area (TPSA) is 166 Å². The van der Waals surface area contributed by atoms with Gasteiger partial charge in [-0.1, -0.05) is 0 Å². The number of nitrogens with two attached hydrogens (primary N) is 1. The Morgan fingerprint density at radius 2 is 1.93 bits per heavy atom. The van der Waals surface area contributed by atoms with Gasteiger partial charge in [0.25, 0.3) is 5.56 Å². The highest BCUT2D eigenvalue weighted by Crippen LogP contribution is 2.35. The number of piperazine rings is 1. The van der Waals surface area contributed by atoms with Crippen molar-refractivity contribution in [3.8, 4) is 0 Å². The minimum atomic E-state index is -1.33. The Labute approximate surface area is 153 Å². The monoisotopic (exact) mass is 381 g/mol. The van der Waals surface area contributed by atoms with Crippen LogP contribution in [0.3, 0.4) is 0 Å². The lowest BCUT2D eigenvalue weighted by Gasteiger charge is -2.34. The van der Waals surface area contributed by atoms with E-state index in [1.165, 1.54) is 4.57 Å². The van der Waals surface area contributed by atoms with Gasteiger partial charge in [-0.25, -0.2) is 4.98 Å². The molecule has 0 unspecified atom stereocenters. The van der Waals surface area contributed by atoms with Crippen molar-refractivity contribution in [2.75, 3.05) is 50.5 Å². The molecule has 2 aliphatic heterocycles. The van der Waals surface area contributed by atoms with E-state index in [-0.39, 0.29) is 17.1 Å². The number of fused-ring (bicyclic) bond motifs is 1. The van der Waals surface area contributed by atoms with Crippen molar-refractivity contribution in [1.82, 2.24) is 24.4 Å². The van der Waals surface area contributed by atoms with Crippen molar-refractivity contribution in [1.29, 1.82) is 0 Å². The number of aliphatic hydroxyl groups is 3. The highest BCUT2D eigenvalue weighted by molar-refractivity contribution is 5.75. The third-order valence-corrected chi connectivity index (χ3v) is 5.11. The largest absolute Gasteiger partial charge is 0.394 e. The fraction of sp³-hybridized carbons (Fsp3) is 0.667. The summed E-state index contributed by atoms with van der Waals surface area (Å²) in [5.74, 6) is 0.307. The highest BCUT2D eigenvalue weighted by atomic mass is 16.6. The van der Waals surface area contributed by atoms with Crippen molar-refractivity contribution in [3.05, 3.63) is 10.4 Å². The summed E-state index contributed by atoms with van der Waals surface area (Å²) in [6.07, 6.45) is -4.63. The van der Waals surface area contributed by atoms with E-state index in [0.717, 1.165) is 13.1 Å². The van der Waals surface area contributed by atoms with Gasteiger partial charge in [-0.15, -0.1) is 0 Å². The molecule has 2 aromatic heterocycles. The van der Waals surface area contributed by atoms with E-state index < -0.39 is 36.7 Å².